The van der Waals surface area contributed by atoms with Crippen molar-refractivity contribution < 1.29 is 4.65 Å². The van der Waals surface area contributed by atoms with E-state index in [2.05, 4.69) is 16.7 Å². The van der Waals surface area contributed by atoms with E-state index >= 15 is 0 Å². The van der Waals surface area contributed by atoms with E-state index in [1.807, 2.05) is 19.1 Å². The summed E-state index contributed by atoms with van der Waals surface area (Å²) in [7, 11) is 0. The molecule has 7 heavy (non-hydrogen) atoms. The van der Waals surface area contributed by atoms with E-state index in [1.165, 1.54) is 6.36 Å². The van der Waals surface area contributed by atoms with Crippen LogP contribution in [0.2, 0.25) is 0 Å². The molecule has 0 fully saturated rings. The van der Waals surface area contributed by atoms with Crippen molar-refractivity contribution >= 4 is 18.4 Å². The zero-order valence-corrected chi connectivity index (χ0v) is 5.07. The second-order valence-electron chi connectivity index (χ2n) is 0.999. The van der Waals surface area contributed by atoms with Gasteiger partial charge in [0.05, 0.1) is 0 Å². The van der Waals surface area contributed by atoms with Crippen LogP contribution in [0.15, 0.2) is 12.2 Å². The molecule has 0 heterocycles. The molecule has 0 radical (unpaired) electrons. The number of hydrogen-bond donors (Lipinski definition) is 0. The van der Waals surface area contributed by atoms with Gasteiger partial charge >= 0.3 is 48.8 Å². The van der Waals surface area contributed by atoms with Crippen LogP contribution in [0.25, 0.3) is 0 Å². The molecule has 0 rings (SSSR count). The second-order valence-corrected chi connectivity index (χ2v) is 1.19. The Morgan fingerprint density at radius 2 is 2.57 bits per heavy atom. The fraction of sp³-hybridized carbons (Fsp3) is 0.500. The molecule has 0 aliphatic rings. The average Bonchev–Trinajstić information content (AvgIpc) is 1.69. The normalized spacial score (nSPS) is 8.71. The van der Waals surface area contributed by atoms with Crippen molar-refractivity contribution in [2.24, 2.45) is 0 Å². The Kier molecular flexibility index (Phi) is 5.68. The first-order valence-corrected chi connectivity index (χ1v) is 2.55. The van der Waals surface area contributed by atoms with Crippen LogP contribution < -0.4 is 0 Å². The van der Waals surface area contributed by atoms with E-state index in [-0.39, 0.29) is 0 Å². The van der Waals surface area contributed by atoms with Crippen LogP contribution in [0.4, 0.5) is 0 Å². The molecule has 0 aromatic heterocycles. The Labute approximate surface area is 49.5 Å². The molecule has 0 amide bonds. The third-order valence-electron chi connectivity index (χ3n) is 0.496. The summed E-state index contributed by atoms with van der Waals surface area (Å²) < 4.78 is 4.68. The number of hydrogen-bond acceptors (Lipinski definition) is 2. The van der Waals surface area contributed by atoms with Crippen LogP contribution in [-0.2, 0) is 4.65 Å². The summed E-state index contributed by atoms with van der Waals surface area (Å²) in [5, 5.41) is 0. The van der Waals surface area contributed by atoms with Gasteiger partial charge < -0.3 is 0 Å². The fourth-order valence-corrected chi connectivity index (χ4v) is 0.270. The van der Waals surface area contributed by atoms with E-state index in [1.54, 1.807) is 0 Å². The molecular weight excluding hydrogens is 107 g/mol. The third kappa shape index (κ3) is 5.82. The van der Waals surface area contributed by atoms with Crippen molar-refractivity contribution in [3.8, 4) is 0 Å². The molecule has 0 spiro atoms. The molecule has 0 aliphatic carbocycles. The minimum absolute atomic E-state index is 0.597. The van der Waals surface area contributed by atoms with Crippen LogP contribution in [0.3, 0.4) is 0 Å². The van der Waals surface area contributed by atoms with Crippen molar-refractivity contribution in [1.82, 2.24) is 0 Å². The van der Waals surface area contributed by atoms with Crippen LogP contribution in [0, 0.1) is 0 Å². The van der Waals surface area contributed by atoms with Crippen molar-refractivity contribution in [3.05, 3.63) is 12.2 Å². The first-order chi connectivity index (χ1) is 3.41. The first-order valence-electron chi connectivity index (χ1n) is 2.08. The quantitative estimate of drug-likeness (QED) is 0.310. The summed E-state index contributed by atoms with van der Waals surface area (Å²) >= 11 is 4.38. The molecule has 0 aromatic rings. The predicted octanol–water partition coefficient (Wildman–Crippen LogP) is 1.31. The topological polar surface area (TPSA) is 9.23 Å². The molecule has 0 N–H and O–H groups in total. The van der Waals surface area contributed by atoms with Gasteiger partial charge in [-0.25, -0.2) is 0 Å². The molecule has 0 atom stereocenters. The van der Waals surface area contributed by atoms with Gasteiger partial charge in [0.1, 0.15) is 0 Å². The van der Waals surface area contributed by atoms with Crippen LogP contribution >= 0.6 is 12.1 Å². The number of rotatable bonds is 3. The molecule has 0 aliphatic heterocycles. The second kappa shape index (κ2) is 5.82. The molecule has 38 valence electrons. The van der Waals surface area contributed by atoms with Crippen molar-refractivity contribution in [3.63, 3.8) is 0 Å². The third-order valence-corrected chi connectivity index (χ3v) is 0.632. The van der Waals surface area contributed by atoms with E-state index in [0.29, 0.717) is 6.61 Å². The van der Waals surface area contributed by atoms with Crippen LogP contribution in [-0.4, -0.2) is 13.0 Å². The van der Waals surface area contributed by atoms with E-state index in [0.717, 1.165) is 0 Å². The van der Waals surface area contributed by atoms with Gasteiger partial charge in [0.2, 0.25) is 0 Å². The molecule has 0 aromatic carbocycles. The Morgan fingerprint density at radius 1 is 1.86 bits per heavy atom. The van der Waals surface area contributed by atoms with Crippen molar-refractivity contribution in [2.75, 3.05) is 6.61 Å². The zero-order valence-electron chi connectivity index (χ0n) is 4.26. The summed E-state index contributed by atoms with van der Waals surface area (Å²) in [5.74, 6) is 0. The molecule has 0 saturated carbocycles. The fourth-order valence-electron chi connectivity index (χ4n) is 0.191. The van der Waals surface area contributed by atoms with E-state index in [9.17, 15) is 0 Å². The van der Waals surface area contributed by atoms with Crippen molar-refractivity contribution in [2.45, 2.75) is 6.92 Å². The summed E-state index contributed by atoms with van der Waals surface area (Å²) in [5.41, 5.74) is 0. The van der Waals surface area contributed by atoms with Gasteiger partial charge in [-0.05, 0) is 0 Å². The Morgan fingerprint density at radius 3 is 3.00 bits per heavy atom. The molecule has 1 nitrogen and oxygen atoms in total. The first kappa shape index (κ1) is 6.82. The zero-order chi connectivity index (χ0) is 5.54. The summed E-state index contributed by atoms with van der Waals surface area (Å²) in [6, 6.07) is 0. The molecular formula is C4H7BOS. The van der Waals surface area contributed by atoms with Gasteiger partial charge in [-0.1, -0.05) is 0 Å². The maximum absolute atomic E-state index is 4.68. The SMILES string of the molecule is C/C=C/COB=S. The Hall–Kier alpha value is -0.175. The summed E-state index contributed by atoms with van der Waals surface area (Å²) in [4.78, 5) is 0. The average molecular weight is 114 g/mol. The van der Waals surface area contributed by atoms with Gasteiger partial charge in [0, 0.05) is 0 Å². The Bertz CT molecular complexity index is 72.1. The van der Waals surface area contributed by atoms with Gasteiger partial charge in [-0.15, -0.1) is 0 Å². The molecule has 0 saturated heterocycles. The monoisotopic (exact) mass is 114 g/mol. The minimum atomic E-state index is 0.597. The molecule has 0 bridgehead atoms. The van der Waals surface area contributed by atoms with Gasteiger partial charge in [-0.2, -0.15) is 0 Å². The number of allylic oxidation sites excluding steroid dienone is 1. The van der Waals surface area contributed by atoms with Gasteiger partial charge in [0.25, 0.3) is 0 Å². The van der Waals surface area contributed by atoms with Gasteiger partial charge in [0.15, 0.2) is 0 Å². The Balaban J connectivity index is 2.82. The molecule has 3 heteroatoms. The van der Waals surface area contributed by atoms with Gasteiger partial charge in [-0.3, -0.25) is 0 Å². The van der Waals surface area contributed by atoms with E-state index < -0.39 is 0 Å². The summed E-state index contributed by atoms with van der Waals surface area (Å²) in [6.07, 6.45) is 5.07. The predicted molar refractivity (Wildman–Crippen MR) is 34.1 cm³/mol. The van der Waals surface area contributed by atoms with Crippen LogP contribution in [0.1, 0.15) is 6.92 Å². The standard InChI is InChI=1S/C4H7BOS/c1-2-3-4-6-5-7/h2-3H,4H2,1H3/b3-2+. The summed E-state index contributed by atoms with van der Waals surface area (Å²) in [6.45, 7) is 2.53. The van der Waals surface area contributed by atoms with Crippen LogP contribution in [0.5, 0.6) is 0 Å². The maximum atomic E-state index is 4.68. The van der Waals surface area contributed by atoms with E-state index in [4.69, 9.17) is 0 Å². The van der Waals surface area contributed by atoms with Crippen molar-refractivity contribution in [1.29, 1.82) is 0 Å². The molecule has 0 unspecified atom stereocenters.